The summed E-state index contributed by atoms with van der Waals surface area (Å²) in [4.78, 5) is 22.9. The van der Waals surface area contributed by atoms with Crippen molar-refractivity contribution >= 4 is 34.5 Å². The van der Waals surface area contributed by atoms with E-state index in [-0.39, 0.29) is 32.7 Å². The third-order valence-electron chi connectivity index (χ3n) is 8.52. The molecule has 6 rings (SSSR count). The minimum absolute atomic E-state index is 0.0754. The quantitative estimate of drug-likeness (QED) is 0.293. The van der Waals surface area contributed by atoms with Crippen molar-refractivity contribution in [3.63, 3.8) is 0 Å². The van der Waals surface area contributed by atoms with Gasteiger partial charge in [0, 0.05) is 24.8 Å². The normalized spacial score (nSPS) is 30.6. The van der Waals surface area contributed by atoms with Gasteiger partial charge in [0.1, 0.15) is 11.9 Å². The topological polar surface area (TPSA) is 102 Å². The van der Waals surface area contributed by atoms with E-state index in [1.807, 2.05) is 0 Å². The fourth-order valence-electron chi connectivity index (χ4n) is 5.86. The second-order valence-electron chi connectivity index (χ2n) is 11.7. The summed E-state index contributed by atoms with van der Waals surface area (Å²) < 4.78 is 78.1. The zero-order valence-electron chi connectivity index (χ0n) is 21.3. The highest BCUT2D eigenvalue weighted by Crippen LogP contribution is 2.58. The number of aliphatic hydroxyl groups is 1. The van der Waals surface area contributed by atoms with Crippen molar-refractivity contribution in [2.45, 2.75) is 94.2 Å². The van der Waals surface area contributed by atoms with Gasteiger partial charge in [0.05, 0.1) is 9.77 Å². The molecule has 2 aromatic heterocycles. The van der Waals surface area contributed by atoms with Crippen molar-refractivity contribution in [3.8, 4) is 0 Å². The maximum Gasteiger partial charge on any atom is 0.417 e. The first-order valence-corrected chi connectivity index (χ1v) is 13.7. The van der Waals surface area contributed by atoms with Crippen molar-refractivity contribution in [2.24, 2.45) is 5.41 Å². The molecule has 0 atom stereocenters. The van der Waals surface area contributed by atoms with Gasteiger partial charge in [-0.15, -0.1) is 0 Å². The lowest BCUT2D eigenvalue weighted by Gasteiger charge is -2.53. The average molecular weight is 670 g/mol. The van der Waals surface area contributed by atoms with E-state index in [0.29, 0.717) is 44.3 Å². The number of hydrogen-bond acceptors (Lipinski definition) is 7. The van der Waals surface area contributed by atoms with Gasteiger partial charge in [-0.1, -0.05) is 5.16 Å². The van der Waals surface area contributed by atoms with E-state index in [2.05, 4.69) is 15.1 Å². The number of anilines is 1. The van der Waals surface area contributed by atoms with Crippen molar-refractivity contribution in [2.75, 3.05) is 11.4 Å². The number of carbonyl (C=O) groups excluding carboxylic acids is 1. The summed E-state index contributed by atoms with van der Waals surface area (Å²) in [6.07, 6.45) is -3.29. The number of hydrogen-bond donors (Lipinski definition) is 1. The van der Waals surface area contributed by atoms with Gasteiger partial charge in [-0.25, -0.2) is 18.6 Å². The Kier molecular flexibility index (Phi) is 6.91. The first-order chi connectivity index (χ1) is 18.0. The summed E-state index contributed by atoms with van der Waals surface area (Å²) in [5.41, 5.74) is -5.35. The molecule has 0 aromatic carbocycles. The van der Waals surface area contributed by atoms with Crippen LogP contribution in [-0.4, -0.2) is 50.8 Å². The van der Waals surface area contributed by atoms with Crippen molar-refractivity contribution < 1.29 is 41.1 Å². The van der Waals surface area contributed by atoms with E-state index >= 15 is 0 Å². The van der Waals surface area contributed by atoms with Crippen LogP contribution in [-0.2, 0) is 15.8 Å². The molecule has 4 aliphatic carbocycles. The van der Waals surface area contributed by atoms with E-state index < -0.39 is 48.3 Å². The number of carbonyl (C=O) groups is 1. The number of ether oxygens (including phenoxy) is 1. The number of fused-ring (bicyclic) bond motifs is 3. The van der Waals surface area contributed by atoms with Crippen LogP contribution in [0.15, 0.2) is 16.8 Å². The number of rotatable bonds is 6. The largest absolute Gasteiger partial charge is 0.446 e. The van der Waals surface area contributed by atoms with Crippen LogP contribution in [0.3, 0.4) is 0 Å². The molecule has 2 aromatic rings. The monoisotopic (exact) mass is 670 g/mol. The molecule has 214 valence electrons. The van der Waals surface area contributed by atoms with Crippen molar-refractivity contribution in [3.05, 3.63) is 33.4 Å². The number of pyridine rings is 1. The van der Waals surface area contributed by atoms with Crippen LogP contribution >= 0.6 is 22.6 Å². The van der Waals surface area contributed by atoms with E-state index in [4.69, 9.17) is 9.26 Å². The lowest BCUT2D eigenvalue weighted by molar-refractivity contribution is -0.305. The standard InChI is InChI=1S/C25H28F5IN4O4/c1-21(2,27)19-33-18(34-39-19)23-6-3-22(4-7-23,5-8-23)13-35(17-9-16(31)15(26)12-32-17)20(36)38-14-10-24(37,11-14)25(28,29)30/h9,12,14,37H,3-8,10-11,13H2,1-2H3/t14?,22-,23+,24?. The third kappa shape index (κ3) is 5.22. The SMILES string of the molecule is CC(C)(F)c1nc([C@]23CC[C@](CN(C(=O)OC4CC(O)(C(F)(F)F)C4)c4cc(I)c(F)cn4)(CC2)CC3)no1. The van der Waals surface area contributed by atoms with Crippen LogP contribution in [0.2, 0.25) is 0 Å². The van der Waals surface area contributed by atoms with Gasteiger partial charge in [-0.3, -0.25) is 4.90 Å². The molecule has 0 unspecified atom stereocenters. The lowest BCUT2D eigenvalue weighted by atomic mass is 9.53. The van der Waals surface area contributed by atoms with Crippen LogP contribution in [0.4, 0.5) is 32.6 Å². The van der Waals surface area contributed by atoms with E-state index in [1.54, 1.807) is 22.6 Å². The number of aromatic nitrogens is 3. The molecule has 8 nitrogen and oxygen atoms in total. The molecule has 14 heteroatoms. The summed E-state index contributed by atoms with van der Waals surface area (Å²) in [7, 11) is 0. The summed E-state index contributed by atoms with van der Waals surface area (Å²) in [6.45, 7) is 2.86. The maximum atomic E-state index is 14.3. The number of amides is 1. The Balaban J connectivity index is 1.32. The number of alkyl halides is 4. The molecule has 4 fully saturated rings. The van der Waals surface area contributed by atoms with E-state index in [1.165, 1.54) is 24.8 Å². The first kappa shape index (κ1) is 28.4. The van der Waals surface area contributed by atoms with Crippen LogP contribution in [0.5, 0.6) is 0 Å². The molecule has 2 bridgehead atoms. The van der Waals surface area contributed by atoms with Gasteiger partial charge in [0.15, 0.2) is 22.9 Å². The predicted octanol–water partition coefficient (Wildman–Crippen LogP) is 6.10. The van der Waals surface area contributed by atoms with Gasteiger partial charge in [-0.2, -0.15) is 18.2 Å². The molecule has 1 N–H and O–H groups in total. The maximum absolute atomic E-state index is 14.3. The van der Waals surface area contributed by atoms with Gasteiger partial charge in [0.2, 0.25) is 0 Å². The molecule has 4 aliphatic rings. The second kappa shape index (κ2) is 9.48. The second-order valence-corrected chi connectivity index (χ2v) is 12.8. The summed E-state index contributed by atoms with van der Waals surface area (Å²) >= 11 is 1.77. The Bertz CT molecular complexity index is 1230. The van der Waals surface area contributed by atoms with E-state index in [9.17, 15) is 31.9 Å². The Hall–Kier alpha value is -2.10. The minimum atomic E-state index is -4.82. The highest BCUT2D eigenvalue weighted by Gasteiger charge is 2.63. The summed E-state index contributed by atoms with van der Waals surface area (Å²) in [5, 5.41) is 13.8. The Morgan fingerprint density at radius 3 is 2.31 bits per heavy atom. The molecule has 0 radical (unpaired) electrons. The highest BCUT2D eigenvalue weighted by atomic mass is 127. The first-order valence-electron chi connectivity index (χ1n) is 12.7. The van der Waals surface area contributed by atoms with Gasteiger partial charge in [-0.05, 0) is 86.4 Å². The summed E-state index contributed by atoms with van der Waals surface area (Å²) in [5.74, 6) is -0.0459. The average Bonchev–Trinajstić information content (AvgIpc) is 3.36. The molecule has 39 heavy (non-hydrogen) atoms. The Morgan fingerprint density at radius 1 is 1.18 bits per heavy atom. The number of halogens is 6. The molecule has 1 amide bonds. The van der Waals surface area contributed by atoms with Gasteiger partial charge < -0.3 is 14.4 Å². The molecule has 2 heterocycles. The zero-order valence-corrected chi connectivity index (χ0v) is 23.5. The number of nitrogens with zero attached hydrogens (tertiary/aromatic N) is 4. The van der Waals surface area contributed by atoms with Crippen LogP contribution < -0.4 is 4.90 Å². The van der Waals surface area contributed by atoms with Crippen LogP contribution in [0.25, 0.3) is 0 Å². The minimum Gasteiger partial charge on any atom is -0.446 e. The lowest BCUT2D eigenvalue weighted by Crippen LogP contribution is -2.59. The molecular weight excluding hydrogens is 642 g/mol. The fourth-order valence-corrected chi connectivity index (χ4v) is 6.27. The van der Waals surface area contributed by atoms with Gasteiger partial charge in [0.25, 0.3) is 5.89 Å². The molecule has 0 aliphatic heterocycles. The highest BCUT2D eigenvalue weighted by molar-refractivity contribution is 14.1. The predicted molar refractivity (Wildman–Crippen MR) is 135 cm³/mol. The zero-order chi connectivity index (χ0) is 28.4. The fraction of sp³-hybridized carbons (Fsp3) is 0.680. The Morgan fingerprint density at radius 2 is 1.79 bits per heavy atom. The molecule has 0 saturated heterocycles. The van der Waals surface area contributed by atoms with Crippen LogP contribution in [0, 0.1) is 14.8 Å². The summed E-state index contributed by atoms with van der Waals surface area (Å²) in [6, 6.07) is 1.39. The smallest absolute Gasteiger partial charge is 0.417 e. The van der Waals surface area contributed by atoms with Crippen LogP contribution in [0.1, 0.15) is 76.9 Å². The molecular formula is C25H28F5IN4O4. The molecule has 4 saturated carbocycles. The molecule has 0 spiro atoms. The Labute approximate surface area is 234 Å². The van der Waals surface area contributed by atoms with E-state index in [0.717, 1.165) is 6.20 Å². The van der Waals surface area contributed by atoms with Crippen molar-refractivity contribution in [1.29, 1.82) is 0 Å². The van der Waals surface area contributed by atoms with Gasteiger partial charge >= 0.3 is 12.3 Å². The van der Waals surface area contributed by atoms with Crippen molar-refractivity contribution in [1.82, 2.24) is 15.1 Å². The third-order valence-corrected chi connectivity index (χ3v) is 9.35.